The Kier molecular flexibility index (Phi) is 5.35. The predicted octanol–water partition coefficient (Wildman–Crippen LogP) is -0.450. The Labute approximate surface area is 102 Å². The van der Waals surface area contributed by atoms with Gasteiger partial charge in [0, 0.05) is 13.1 Å². The van der Waals surface area contributed by atoms with Crippen molar-refractivity contribution in [3.63, 3.8) is 0 Å². The Balaban J connectivity index is 2.44. The summed E-state index contributed by atoms with van der Waals surface area (Å²) in [5.41, 5.74) is 5.51. The molecule has 6 nitrogen and oxygen atoms in total. The second-order valence-corrected chi connectivity index (χ2v) is 6.21. The maximum atomic E-state index is 11.9. The number of hydrogen-bond acceptors (Lipinski definition) is 5. The van der Waals surface area contributed by atoms with E-state index in [0.717, 1.165) is 6.42 Å². The first kappa shape index (κ1) is 14.4. The summed E-state index contributed by atoms with van der Waals surface area (Å²) >= 11 is 0. The van der Waals surface area contributed by atoms with Gasteiger partial charge in [-0.3, -0.25) is 4.79 Å². The maximum absolute atomic E-state index is 11.9. The van der Waals surface area contributed by atoms with E-state index >= 15 is 0 Å². The molecule has 2 N–H and O–H groups in total. The number of hydrogen-bond donors (Lipinski definition) is 1. The van der Waals surface area contributed by atoms with Crippen LogP contribution in [0.25, 0.3) is 0 Å². The third-order valence-electron chi connectivity index (χ3n) is 2.84. The van der Waals surface area contributed by atoms with Gasteiger partial charge < -0.3 is 10.5 Å². The van der Waals surface area contributed by atoms with Crippen LogP contribution in [0, 0.1) is 5.92 Å². The van der Waals surface area contributed by atoms with Crippen molar-refractivity contribution >= 4 is 16.0 Å². The summed E-state index contributed by atoms with van der Waals surface area (Å²) in [4.78, 5) is 11.1. The molecule has 1 unspecified atom stereocenters. The fourth-order valence-corrected chi connectivity index (χ4v) is 3.32. The molecule has 0 aromatic heterocycles. The van der Waals surface area contributed by atoms with Gasteiger partial charge in [0.05, 0.1) is 18.8 Å². The smallest absolute Gasteiger partial charge is 0.306 e. The van der Waals surface area contributed by atoms with Gasteiger partial charge in [0.2, 0.25) is 10.0 Å². The molecule has 17 heavy (non-hydrogen) atoms. The summed E-state index contributed by atoms with van der Waals surface area (Å²) in [7, 11) is -3.34. The van der Waals surface area contributed by atoms with Crippen molar-refractivity contribution in [2.24, 2.45) is 11.7 Å². The van der Waals surface area contributed by atoms with Gasteiger partial charge >= 0.3 is 5.97 Å². The van der Waals surface area contributed by atoms with Crippen LogP contribution in [0.1, 0.15) is 19.8 Å². The minimum atomic E-state index is -3.34. The highest BCUT2D eigenvalue weighted by atomic mass is 32.2. The zero-order valence-corrected chi connectivity index (χ0v) is 10.9. The SMILES string of the molecule is CCOC(=O)CCS(=O)(=O)N1CCC(CN)C1. The fourth-order valence-electron chi connectivity index (χ4n) is 1.82. The van der Waals surface area contributed by atoms with Crippen LogP contribution in [0.4, 0.5) is 0 Å². The minimum Gasteiger partial charge on any atom is -0.466 e. The summed E-state index contributed by atoms with van der Waals surface area (Å²) in [5, 5.41) is 0. The van der Waals surface area contributed by atoms with E-state index in [0.29, 0.717) is 19.6 Å². The maximum Gasteiger partial charge on any atom is 0.306 e. The molecule has 0 bridgehead atoms. The topological polar surface area (TPSA) is 89.7 Å². The zero-order valence-electron chi connectivity index (χ0n) is 10.1. The molecule has 0 aromatic rings. The van der Waals surface area contributed by atoms with Gasteiger partial charge in [-0.1, -0.05) is 0 Å². The standard InChI is InChI=1S/C10H20N2O4S/c1-2-16-10(13)4-6-17(14,15)12-5-3-9(7-11)8-12/h9H,2-8,11H2,1H3. The van der Waals surface area contributed by atoms with Crippen LogP contribution in [0.2, 0.25) is 0 Å². The summed E-state index contributed by atoms with van der Waals surface area (Å²) in [5.74, 6) is -0.402. The van der Waals surface area contributed by atoms with Crippen LogP contribution in [0.3, 0.4) is 0 Å². The van der Waals surface area contributed by atoms with Crippen LogP contribution in [0.15, 0.2) is 0 Å². The van der Waals surface area contributed by atoms with E-state index in [2.05, 4.69) is 0 Å². The molecular formula is C10H20N2O4S. The number of esters is 1. The average molecular weight is 264 g/mol. The fraction of sp³-hybridized carbons (Fsp3) is 0.900. The first-order chi connectivity index (χ1) is 7.99. The van der Waals surface area contributed by atoms with Crippen LogP contribution in [-0.2, 0) is 19.6 Å². The van der Waals surface area contributed by atoms with Crippen molar-refractivity contribution in [1.29, 1.82) is 0 Å². The molecule has 1 heterocycles. The number of ether oxygens (including phenoxy) is 1. The number of sulfonamides is 1. The highest BCUT2D eigenvalue weighted by Gasteiger charge is 2.30. The third-order valence-corrected chi connectivity index (χ3v) is 4.68. The molecule has 0 aliphatic carbocycles. The molecule has 0 amide bonds. The first-order valence-electron chi connectivity index (χ1n) is 5.83. The summed E-state index contributed by atoms with van der Waals surface area (Å²) in [6.45, 7) is 3.45. The monoisotopic (exact) mass is 264 g/mol. The van der Waals surface area contributed by atoms with Crippen molar-refractivity contribution in [3.8, 4) is 0 Å². The van der Waals surface area contributed by atoms with Crippen molar-refractivity contribution in [2.75, 3.05) is 32.0 Å². The van der Waals surface area contributed by atoms with Crippen LogP contribution < -0.4 is 5.73 Å². The van der Waals surface area contributed by atoms with Gasteiger partial charge in [-0.15, -0.1) is 0 Å². The van der Waals surface area contributed by atoms with E-state index in [1.54, 1.807) is 6.92 Å². The Hall–Kier alpha value is -0.660. The second kappa shape index (κ2) is 6.32. The van der Waals surface area contributed by atoms with Crippen molar-refractivity contribution < 1.29 is 17.9 Å². The third kappa shape index (κ3) is 4.25. The number of rotatable bonds is 6. The molecule has 100 valence electrons. The van der Waals surface area contributed by atoms with Gasteiger partial charge in [0.1, 0.15) is 0 Å². The second-order valence-electron chi connectivity index (χ2n) is 4.12. The molecule has 0 saturated carbocycles. The van der Waals surface area contributed by atoms with E-state index < -0.39 is 16.0 Å². The minimum absolute atomic E-state index is 0.0834. The zero-order chi connectivity index (χ0) is 12.9. The van der Waals surface area contributed by atoms with Gasteiger partial charge in [-0.25, -0.2) is 12.7 Å². The Morgan fingerprint density at radius 3 is 2.76 bits per heavy atom. The normalized spacial score (nSPS) is 21.6. The summed E-state index contributed by atoms with van der Waals surface area (Å²) < 4.78 is 29.9. The average Bonchev–Trinajstić information content (AvgIpc) is 2.76. The Bertz CT molecular complexity index is 355. The van der Waals surface area contributed by atoms with Crippen LogP contribution in [-0.4, -0.2) is 50.7 Å². The largest absolute Gasteiger partial charge is 0.466 e. The van der Waals surface area contributed by atoms with Crippen molar-refractivity contribution in [1.82, 2.24) is 4.31 Å². The van der Waals surface area contributed by atoms with Gasteiger partial charge in [0.15, 0.2) is 0 Å². The predicted molar refractivity (Wildman–Crippen MR) is 63.8 cm³/mol. The molecule has 0 aromatic carbocycles. The molecule has 1 saturated heterocycles. The molecular weight excluding hydrogens is 244 g/mol. The molecule has 1 rings (SSSR count). The molecule has 1 fully saturated rings. The highest BCUT2D eigenvalue weighted by Crippen LogP contribution is 2.19. The Morgan fingerprint density at radius 1 is 1.53 bits per heavy atom. The van der Waals surface area contributed by atoms with Crippen LogP contribution in [0.5, 0.6) is 0 Å². The lowest BCUT2D eigenvalue weighted by Gasteiger charge is -2.15. The van der Waals surface area contributed by atoms with Crippen molar-refractivity contribution in [2.45, 2.75) is 19.8 Å². The molecule has 0 spiro atoms. The van der Waals surface area contributed by atoms with E-state index in [4.69, 9.17) is 10.5 Å². The lowest BCUT2D eigenvalue weighted by molar-refractivity contribution is -0.142. The van der Waals surface area contributed by atoms with E-state index in [9.17, 15) is 13.2 Å². The summed E-state index contributed by atoms with van der Waals surface area (Å²) in [6, 6.07) is 0. The molecule has 1 aliphatic rings. The molecule has 7 heteroatoms. The molecule has 0 radical (unpaired) electrons. The van der Waals surface area contributed by atoms with E-state index in [1.165, 1.54) is 4.31 Å². The number of carbonyl (C=O) groups excluding carboxylic acids is 1. The Morgan fingerprint density at radius 2 is 2.24 bits per heavy atom. The van der Waals surface area contributed by atoms with Gasteiger partial charge in [0.25, 0.3) is 0 Å². The molecule has 1 aliphatic heterocycles. The summed E-state index contributed by atoms with van der Waals surface area (Å²) in [6.07, 6.45) is 0.717. The quantitative estimate of drug-likeness (QED) is 0.656. The van der Waals surface area contributed by atoms with Crippen molar-refractivity contribution in [3.05, 3.63) is 0 Å². The lowest BCUT2D eigenvalue weighted by atomic mass is 10.1. The van der Waals surface area contributed by atoms with Crippen LogP contribution >= 0.6 is 0 Å². The number of nitrogens with zero attached hydrogens (tertiary/aromatic N) is 1. The van der Waals surface area contributed by atoms with Gasteiger partial charge in [-0.05, 0) is 25.8 Å². The molecule has 1 atom stereocenters. The number of nitrogens with two attached hydrogens (primary N) is 1. The number of carbonyl (C=O) groups is 1. The van der Waals surface area contributed by atoms with Gasteiger partial charge in [-0.2, -0.15) is 0 Å². The first-order valence-corrected chi connectivity index (χ1v) is 7.44. The van der Waals surface area contributed by atoms with E-state index in [-0.39, 0.29) is 24.7 Å². The lowest BCUT2D eigenvalue weighted by Crippen LogP contribution is -2.32. The van der Waals surface area contributed by atoms with E-state index in [1.807, 2.05) is 0 Å². The highest BCUT2D eigenvalue weighted by molar-refractivity contribution is 7.89.